The molecule has 0 bridgehead atoms. The second-order valence-electron chi connectivity index (χ2n) is 6.10. The summed E-state index contributed by atoms with van der Waals surface area (Å²) in [4.78, 5) is 28.1. The normalized spacial score (nSPS) is 11.1. The standard InChI is InChI=1S/C21H14N4O3S2/c26-20(15-6-2-1-3-7-15)24-22-13-14-10-11-19(17(12-14)25(27)28)30-21-23-16-8-4-5-9-18(16)29-21/h1-13H,(H,24,26)/b22-13+. The number of benzene rings is 3. The van der Waals surface area contributed by atoms with Gasteiger partial charge in [0.05, 0.1) is 26.3 Å². The minimum atomic E-state index is -0.435. The summed E-state index contributed by atoms with van der Waals surface area (Å²) >= 11 is 2.74. The van der Waals surface area contributed by atoms with Crippen molar-refractivity contribution in [3.8, 4) is 0 Å². The van der Waals surface area contributed by atoms with Gasteiger partial charge in [-0.15, -0.1) is 11.3 Å². The first-order valence-electron chi connectivity index (χ1n) is 8.80. The van der Waals surface area contributed by atoms with E-state index in [-0.39, 0.29) is 11.6 Å². The summed E-state index contributed by atoms with van der Waals surface area (Å²) in [5, 5.41) is 15.5. The van der Waals surface area contributed by atoms with Crippen molar-refractivity contribution < 1.29 is 9.72 Å². The van der Waals surface area contributed by atoms with Crippen LogP contribution >= 0.6 is 23.1 Å². The molecule has 0 aliphatic carbocycles. The van der Waals surface area contributed by atoms with Gasteiger partial charge in [0.15, 0.2) is 4.34 Å². The van der Waals surface area contributed by atoms with Crippen LogP contribution in [-0.4, -0.2) is 22.0 Å². The van der Waals surface area contributed by atoms with Crippen LogP contribution < -0.4 is 5.43 Å². The van der Waals surface area contributed by atoms with Gasteiger partial charge in [0.25, 0.3) is 11.6 Å². The fourth-order valence-electron chi connectivity index (χ4n) is 2.65. The molecule has 1 amide bonds. The van der Waals surface area contributed by atoms with Crippen LogP contribution in [0.25, 0.3) is 10.2 Å². The highest BCUT2D eigenvalue weighted by molar-refractivity contribution is 8.01. The number of rotatable bonds is 6. The monoisotopic (exact) mass is 434 g/mol. The van der Waals surface area contributed by atoms with Gasteiger partial charge < -0.3 is 0 Å². The Morgan fingerprint density at radius 3 is 2.63 bits per heavy atom. The minimum Gasteiger partial charge on any atom is -0.267 e. The number of aromatic nitrogens is 1. The van der Waals surface area contributed by atoms with Crippen LogP contribution in [0.4, 0.5) is 5.69 Å². The molecule has 0 radical (unpaired) electrons. The number of carbonyl (C=O) groups is 1. The number of amides is 1. The summed E-state index contributed by atoms with van der Waals surface area (Å²) in [6.45, 7) is 0. The average Bonchev–Trinajstić information content (AvgIpc) is 3.17. The predicted molar refractivity (Wildman–Crippen MR) is 118 cm³/mol. The van der Waals surface area contributed by atoms with E-state index in [1.54, 1.807) is 36.4 Å². The molecule has 9 heteroatoms. The molecule has 0 aliphatic rings. The second kappa shape index (κ2) is 8.85. The Labute approximate surface area is 179 Å². The molecule has 0 aliphatic heterocycles. The molecule has 30 heavy (non-hydrogen) atoms. The Hall–Kier alpha value is -3.56. The zero-order valence-corrected chi connectivity index (χ0v) is 17.0. The first kappa shape index (κ1) is 19.7. The molecule has 0 saturated carbocycles. The second-order valence-corrected chi connectivity index (χ2v) is 8.42. The highest BCUT2D eigenvalue weighted by Crippen LogP contribution is 2.38. The summed E-state index contributed by atoms with van der Waals surface area (Å²) < 4.78 is 1.76. The molecule has 4 rings (SSSR count). The predicted octanol–water partition coefficient (Wildman–Crippen LogP) is 5.12. The van der Waals surface area contributed by atoms with Crippen molar-refractivity contribution in [2.24, 2.45) is 5.10 Å². The number of fused-ring (bicyclic) bond motifs is 1. The fourth-order valence-corrected chi connectivity index (χ4v) is 4.76. The summed E-state index contributed by atoms with van der Waals surface area (Å²) in [6, 6.07) is 21.2. The molecule has 1 aromatic heterocycles. The molecule has 7 nitrogen and oxygen atoms in total. The van der Waals surface area contributed by atoms with E-state index >= 15 is 0 Å². The Morgan fingerprint density at radius 1 is 1.10 bits per heavy atom. The topological polar surface area (TPSA) is 97.5 Å². The largest absolute Gasteiger partial charge is 0.283 e. The third kappa shape index (κ3) is 4.53. The lowest BCUT2D eigenvalue weighted by molar-refractivity contribution is -0.387. The Balaban J connectivity index is 1.51. The highest BCUT2D eigenvalue weighted by Gasteiger charge is 2.17. The van der Waals surface area contributed by atoms with Gasteiger partial charge in [-0.1, -0.05) is 48.2 Å². The minimum absolute atomic E-state index is 0.0439. The summed E-state index contributed by atoms with van der Waals surface area (Å²) in [5.74, 6) is -0.357. The molecular weight excluding hydrogens is 420 g/mol. The van der Waals surface area contributed by atoms with E-state index in [2.05, 4.69) is 15.5 Å². The first-order chi connectivity index (χ1) is 14.6. The van der Waals surface area contributed by atoms with E-state index in [0.717, 1.165) is 14.6 Å². The van der Waals surface area contributed by atoms with Gasteiger partial charge in [-0.3, -0.25) is 14.9 Å². The Morgan fingerprint density at radius 2 is 1.87 bits per heavy atom. The SMILES string of the molecule is O=C(N/N=C/c1ccc(Sc2nc3ccccc3s2)c([N+](=O)[O-])c1)c1ccccc1. The number of para-hydroxylation sites is 1. The third-order valence-corrected chi connectivity index (χ3v) is 6.23. The van der Waals surface area contributed by atoms with Gasteiger partial charge in [0.2, 0.25) is 0 Å². The van der Waals surface area contributed by atoms with E-state index in [4.69, 9.17) is 0 Å². The number of thiazole rings is 1. The van der Waals surface area contributed by atoms with Gasteiger partial charge in [-0.25, -0.2) is 10.4 Å². The molecule has 0 fully saturated rings. The fraction of sp³-hybridized carbons (Fsp3) is 0. The number of hydrogen-bond acceptors (Lipinski definition) is 7. The first-order valence-corrected chi connectivity index (χ1v) is 10.4. The van der Waals surface area contributed by atoms with Crippen LogP contribution in [0.1, 0.15) is 15.9 Å². The van der Waals surface area contributed by atoms with Crippen molar-refractivity contribution in [2.45, 2.75) is 9.24 Å². The van der Waals surface area contributed by atoms with Gasteiger partial charge >= 0.3 is 0 Å². The van der Waals surface area contributed by atoms with Gasteiger partial charge in [0.1, 0.15) is 0 Å². The molecule has 1 N–H and O–H groups in total. The third-order valence-electron chi connectivity index (χ3n) is 4.07. The zero-order valence-electron chi connectivity index (χ0n) is 15.4. The molecule has 0 atom stereocenters. The molecule has 148 valence electrons. The Kier molecular flexibility index (Phi) is 5.82. The van der Waals surface area contributed by atoms with Gasteiger partial charge in [-0.2, -0.15) is 5.10 Å². The number of hydrogen-bond donors (Lipinski definition) is 1. The lowest BCUT2D eigenvalue weighted by atomic mass is 10.2. The zero-order chi connectivity index (χ0) is 20.9. The van der Waals surface area contributed by atoms with E-state index in [9.17, 15) is 14.9 Å². The smallest absolute Gasteiger partial charge is 0.267 e. The van der Waals surface area contributed by atoms with Crippen molar-refractivity contribution in [1.29, 1.82) is 0 Å². The lowest BCUT2D eigenvalue weighted by Gasteiger charge is -2.02. The van der Waals surface area contributed by atoms with Crippen LogP contribution in [0, 0.1) is 10.1 Å². The van der Waals surface area contributed by atoms with Crippen molar-refractivity contribution in [3.63, 3.8) is 0 Å². The number of nitro benzene ring substituents is 1. The van der Waals surface area contributed by atoms with E-state index in [0.29, 0.717) is 16.0 Å². The molecule has 0 unspecified atom stereocenters. The maximum atomic E-state index is 12.0. The Bertz CT molecular complexity index is 1220. The molecule has 0 saturated heterocycles. The number of nitro groups is 1. The van der Waals surface area contributed by atoms with Crippen molar-refractivity contribution in [1.82, 2.24) is 10.4 Å². The van der Waals surface area contributed by atoms with Crippen LogP contribution in [0.3, 0.4) is 0 Å². The van der Waals surface area contributed by atoms with Crippen LogP contribution in [0.2, 0.25) is 0 Å². The molecule has 3 aromatic carbocycles. The molecule has 1 heterocycles. The number of hydrazone groups is 1. The van der Waals surface area contributed by atoms with Gasteiger partial charge in [-0.05, 0) is 30.3 Å². The van der Waals surface area contributed by atoms with Gasteiger partial charge in [0, 0.05) is 17.2 Å². The molecule has 0 spiro atoms. The number of carbonyl (C=O) groups excluding carboxylic acids is 1. The van der Waals surface area contributed by atoms with E-state index < -0.39 is 4.92 Å². The maximum Gasteiger partial charge on any atom is 0.283 e. The maximum absolute atomic E-state index is 12.0. The average molecular weight is 435 g/mol. The lowest BCUT2D eigenvalue weighted by Crippen LogP contribution is -2.17. The van der Waals surface area contributed by atoms with Crippen LogP contribution in [-0.2, 0) is 0 Å². The van der Waals surface area contributed by atoms with Crippen molar-refractivity contribution in [3.05, 3.63) is 94.0 Å². The number of nitrogens with one attached hydrogen (secondary N) is 1. The van der Waals surface area contributed by atoms with Crippen LogP contribution in [0.15, 0.2) is 87.1 Å². The molecular formula is C21H14N4O3S2. The summed E-state index contributed by atoms with van der Waals surface area (Å²) in [7, 11) is 0. The summed E-state index contributed by atoms with van der Waals surface area (Å²) in [6.07, 6.45) is 1.37. The van der Waals surface area contributed by atoms with Crippen molar-refractivity contribution in [2.75, 3.05) is 0 Å². The molecule has 4 aromatic rings. The van der Waals surface area contributed by atoms with E-state index in [1.807, 2.05) is 30.3 Å². The van der Waals surface area contributed by atoms with Crippen LogP contribution in [0.5, 0.6) is 0 Å². The quantitative estimate of drug-likeness (QED) is 0.258. The summed E-state index contributed by atoms with van der Waals surface area (Å²) in [5.41, 5.74) is 4.21. The number of nitrogens with zero attached hydrogens (tertiary/aromatic N) is 3. The van der Waals surface area contributed by atoms with Crippen molar-refractivity contribution >= 4 is 51.1 Å². The highest BCUT2D eigenvalue weighted by atomic mass is 32.2. The van der Waals surface area contributed by atoms with E-state index in [1.165, 1.54) is 35.4 Å².